The van der Waals surface area contributed by atoms with Gasteiger partial charge in [-0.3, -0.25) is 0 Å². The van der Waals surface area contributed by atoms with Gasteiger partial charge in [-0.25, -0.2) is 19.0 Å². The number of carbonyl (C=O) groups is 2. The third kappa shape index (κ3) is 2.09. The van der Waals surface area contributed by atoms with Gasteiger partial charge in [0, 0.05) is 12.5 Å². The molecule has 1 aromatic carbocycles. The average Bonchev–Trinajstić information content (AvgIpc) is 2.66. The number of hydrogen-bond acceptors (Lipinski definition) is 5. The second-order valence-electron chi connectivity index (χ2n) is 3.96. The SMILES string of the molecule is CCOC(=O)C1(c2ccc(F)cc2)N=C(C)OC1=O. The molecule has 2 rings (SSSR count). The Morgan fingerprint density at radius 1 is 1.42 bits per heavy atom. The Balaban J connectivity index is 2.55. The fourth-order valence-electron chi connectivity index (χ4n) is 1.87. The summed E-state index contributed by atoms with van der Waals surface area (Å²) in [6.45, 7) is 3.18. The lowest BCUT2D eigenvalue weighted by Crippen LogP contribution is -2.41. The predicted molar refractivity (Wildman–Crippen MR) is 63.9 cm³/mol. The van der Waals surface area contributed by atoms with Crippen molar-refractivity contribution in [2.75, 3.05) is 6.61 Å². The van der Waals surface area contributed by atoms with Crippen LogP contribution in [0.15, 0.2) is 29.3 Å². The molecule has 0 N–H and O–H groups in total. The molecule has 1 aliphatic rings. The molecule has 1 aliphatic heterocycles. The molecule has 1 unspecified atom stereocenters. The molecule has 19 heavy (non-hydrogen) atoms. The van der Waals surface area contributed by atoms with Crippen molar-refractivity contribution < 1.29 is 23.5 Å². The van der Waals surface area contributed by atoms with Gasteiger partial charge in [0.2, 0.25) is 0 Å². The summed E-state index contributed by atoms with van der Waals surface area (Å²) in [4.78, 5) is 28.0. The van der Waals surface area contributed by atoms with Gasteiger partial charge in [-0.05, 0) is 19.1 Å². The van der Waals surface area contributed by atoms with E-state index in [9.17, 15) is 14.0 Å². The van der Waals surface area contributed by atoms with E-state index in [1.165, 1.54) is 19.1 Å². The summed E-state index contributed by atoms with van der Waals surface area (Å²) in [5.41, 5.74) is -1.66. The van der Waals surface area contributed by atoms with E-state index in [1.54, 1.807) is 6.92 Å². The fourth-order valence-corrected chi connectivity index (χ4v) is 1.87. The highest BCUT2D eigenvalue weighted by atomic mass is 19.1. The Kier molecular flexibility index (Phi) is 3.33. The molecule has 0 bridgehead atoms. The largest absolute Gasteiger partial charge is 0.463 e. The van der Waals surface area contributed by atoms with Crippen molar-refractivity contribution in [2.45, 2.75) is 19.4 Å². The van der Waals surface area contributed by atoms with Gasteiger partial charge >= 0.3 is 11.9 Å². The maximum atomic E-state index is 13.0. The Morgan fingerprint density at radius 2 is 2.05 bits per heavy atom. The highest BCUT2D eigenvalue weighted by molar-refractivity contribution is 6.13. The van der Waals surface area contributed by atoms with Crippen LogP contribution in [0, 0.1) is 5.82 Å². The number of nitrogens with zero attached hydrogens (tertiary/aromatic N) is 1. The smallest absolute Gasteiger partial charge is 0.357 e. The monoisotopic (exact) mass is 265 g/mol. The van der Waals surface area contributed by atoms with Crippen LogP contribution in [0.5, 0.6) is 0 Å². The third-order valence-corrected chi connectivity index (χ3v) is 2.69. The molecule has 1 aromatic rings. The number of esters is 2. The van der Waals surface area contributed by atoms with Crippen LogP contribution in [0.25, 0.3) is 0 Å². The fraction of sp³-hybridized carbons (Fsp3) is 0.308. The molecule has 0 radical (unpaired) electrons. The van der Waals surface area contributed by atoms with Crippen molar-refractivity contribution in [2.24, 2.45) is 4.99 Å². The van der Waals surface area contributed by atoms with Crippen LogP contribution in [0.2, 0.25) is 0 Å². The van der Waals surface area contributed by atoms with Crippen LogP contribution in [-0.4, -0.2) is 24.4 Å². The van der Waals surface area contributed by atoms with E-state index in [-0.39, 0.29) is 18.1 Å². The molecule has 100 valence electrons. The number of benzene rings is 1. The molecule has 0 aromatic heterocycles. The summed E-state index contributed by atoms with van der Waals surface area (Å²) < 4.78 is 22.7. The first kappa shape index (κ1) is 13.2. The molecule has 0 spiro atoms. The van der Waals surface area contributed by atoms with Gasteiger partial charge in [0.1, 0.15) is 5.82 Å². The Morgan fingerprint density at radius 3 is 2.53 bits per heavy atom. The Hall–Kier alpha value is -2.24. The third-order valence-electron chi connectivity index (χ3n) is 2.69. The minimum atomic E-state index is -1.88. The van der Waals surface area contributed by atoms with E-state index < -0.39 is 23.3 Å². The van der Waals surface area contributed by atoms with Crippen LogP contribution in [-0.2, 0) is 24.6 Å². The normalized spacial score (nSPS) is 21.8. The molecule has 6 heteroatoms. The van der Waals surface area contributed by atoms with Crippen molar-refractivity contribution in [3.63, 3.8) is 0 Å². The van der Waals surface area contributed by atoms with Crippen molar-refractivity contribution >= 4 is 17.8 Å². The summed E-state index contributed by atoms with van der Waals surface area (Å²) in [5, 5.41) is 0. The number of cyclic esters (lactones) is 1. The minimum absolute atomic E-state index is 0.0716. The standard InChI is InChI=1S/C13H12FNO4/c1-3-18-11(16)13(12(17)19-8(2)15-13)9-4-6-10(14)7-5-9/h4-7H,3H2,1-2H3. The summed E-state index contributed by atoms with van der Waals surface area (Å²) >= 11 is 0. The molecule has 0 aliphatic carbocycles. The second-order valence-corrected chi connectivity index (χ2v) is 3.96. The molecular formula is C13H12FNO4. The number of rotatable bonds is 3. The van der Waals surface area contributed by atoms with E-state index in [0.29, 0.717) is 0 Å². The van der Waals surface area contributed by atoms with Gasteiger partial charge in [-0.1, -0.05) is 12.1 Å². The average molecular weight is 265 g/mol. The molecule has 1 atom stereocenters. The predicted octanol–water partition coefficient (Wildman–Crippen LogP) is 1.56. The first-order chi connectivity index (χ1) is 9.00. The van der Waals surface area contributed by atoms with E-state index in [0.717, 1.165) is 12.1 Å². The maximum Gasteiger partial charge on any atom is 0.357 e. The highest BCUT2D eigenvalue weighted by Crippen LogP contribution is 2.33. The molecule has 0 amide bonds. The number of carbonyl (C=O) groups excluding carboxylic acids is 2. The van der Waals surface area contributed by atoms with E-state index >= 15 is 0 Å². The lowest BCUT2D eigenvalue weighted by atomic mass is 9.91. The quantitative estimate of drug-likeness (QED) is 0.614. The summed E-state index contributed by atoms with van der Waals surface area (Å²) in [5.74, 6) is -2.07. The van der Waals surface area contributed by atoms with Crippen LogP contribution in [0.3, 0.4) is 0 Å². The number of aliphatic imine (C=N–C) groups is 1. The zero-order valence-electron chi connectivity index (χ0n) is 10.5. The molecule has 5 nitrogen and oxygen atoms in total. The lowest BCUT2D eigenvalue weighted by molar-refractivity contribution is -0.158. The number of halogens is 1. The van der Waals surface area contributed by atoms with Gasteiger partial charge in [0.05, 0.1) is 6.61 Å². The van der Waals surface area contributed by atoms with Gasteiger partial charge in [-0.2, -0.15) is 0 Å². The first-order valence-corrected chi connectivity index (χ1v) is 5.72. The minimum Gasteiger partial charge on any atom is -0.463 e. The van der Waals surface area contributed by atoms with Gasteiger partial charge in [0.15, 0.2) is 5.90 Å². The van der Waals surface area contributed by atoms with E-state index in [2.05, 4.69) is 4.99 Å². The topological polar surface area (TPSA) is 65.0 Å². The first-order valence-electron chi connectivity index (χ1n) is 5.72. The van der Waals surface area contributed by atoms with Crippen LogP contribution >= 0.6 is 0 Å². The zero-order chi connectivity index (χ0) is 14.0. The van der Waals surface area contributed by atoms with E-state index in [4.69, 9.17) is 9.47 Å². The van der Waals surface area contributed by atoms with Crippen molar-refractivity contribution in [1.29, 1.82) is 0 Å². The zero-order valence-corrected chi connectivity index (χ0v) is 10.5. The molecule has 0 saturated heterocycles. The van der Waals surface area contributed by atoms with Gasteiger partial charge in [-0.15, -0.1) is 0 Å². The van der Waals surface area contributed by atoms with E-state index in [1.807, 2.05) is 0 Å². The number of hydrogen-bond donors (Lipinski definition) is 0. The summed E-state index contributed by atoms with van der Waals surface area (Å²) in [6, 6.07) is 4.92. The van der Waals surface area contributed by atoms with Crippen LogP contribution in [0.1, 0.15) is 19.4 Å². The lowest BCUT2D eigenvalue weighted by Gasteiger charge is -2.20. The maximum absolute atomic E-state index is 13.0. The Bertz CT molecular complexity index is 552. The molecule has 1 heterocycles. The van der Waals surface area contributed by atoms with Gasteiger partial charge in [0.25, 0.3) is 5.54 Å². The van der Waals surface area contributed by atoms with Crippen LogP contribution in [0.4, 0.5) is 4.39 Å². The Labute approximate surface area is 109 Å². The molecular weight excluding hydrogens is 253 g/mol. The van der Waals surface area contributed by atoms with Crippen molar-refractivity contribution in [3.05, 3.63) is 35.6 Å². The van der Waals surface area contributed by atoms with Crippen molar-refractivity contribution in [1.82, 2.24) is 0 Å². The molecule has 0 fully saturated rings. The highest BCUT2D eigenvalue weighted by Gasteiger charge is 2.55. The summed E-state index contributed by atoms with van der Waals surface area (Å²) in [7, 11) is 0. The van der Waals surface area contributed by atoms with Crippen LogP contribution < -0.4 is 0 Å². The second kappa shape index (κ2) is 4.79. The number of ether oxygens (including phenoxy) is 2. The van der Waals surface area contributed by atoms with Gasteiger partial charge < -0.3 is 9.47 Å². The molecule has 0 saturated carbocycles. The van der Waals surface area contributed by atoms with Crippen molar-refractivity contribution in [3.8, 4) is 0 Å². The summed E-state index contributed by atoms with van der Waals surface area (Å²) in [6.07, 6.45) is 0.